The van der Waals surface area contributed by atoms with E-state index in [9.17, 15) is 0 Å². The van der Waals surface area contributed by atoms with Crippen LogP contribution in [-0.2, 0) is 0 Å². The zero-order chi connectivity index (χ0) is 8.55. The van der Waals surface area contributed by atoms with Crippen LogP contribution in [0.1, 0.15) is 5.56 Å². The summed E-state index contributed by atoms with van der Waals surface area (Å²) in [5.74, 6) is 0.710. The fourth-order valence-electron chi connectivity index (χ4n) is 1.09. The minimum absolute atomic E-state index is 0.311. The van der Waals surface area contributed by atoms with E-state index < -0.39 is 0 Å². The molecule has 1 aromatic heterocycles. The Kier molecular flexibility index (Phi) is 1.95. The Hall–Kier alpha value is -0.730. The van der Waals surface area contributed by atoms with Gasteiger partial charge in [0, 0.05) is 23.5 Å². The predicted octanol–water partition coefficient (Wildman–Crippen LogP) is 2.63. The highest BCUT2D eigenvalue weighted by Gasteiger charge is 2.19. The normalized spacial score (nSPS) is 20.8. The summed E-state index contributed by atoms with van der Waals surface area (Å²) in [6, 6.07) is 3.81. The molecule has 1 aliphatic rings. The summed E-state index contributed by atoms with van der Waals surface area (Å²) in [5.41, 5.74) is 0.679. The number of hydrogen-bond acceptors (Lipinski definition) is 2. The molecule has 2 nitrogen and oxygen atoms in total. The predicted molar refractivity (Wildman–Crippen MR) is 51.2 cm³/mol. The monoisotopic (exact) mass is 200 g/mol. The number of rotatable bonds is 0. The number of fused-ring (bicyclic) bond motifs is 1. The van der Waals surface area contributed by atoms with Crippen molar-refractivity contribution >= 4 is 35.3 Å². The summed E-state index contributed by atoms with van der Waals surface area (Å²) in [6.07, 6.45) is 5.43. The lowest BCUT2D eigenvalue weighted by atomic mass is 10.2. The molecule has 0 radical (unpaired) electrons. The molecule has 62 valence electrons. The van der Waals surface area contributed by atoms with Gasteiger partial charge in [-0.1, -0.05) is 17.7 Å². The van der Waals surface area contributed by atoms with Gasteiger partial charge in [-0.3, -0.25) is 0 Å². The first-order valence-corrected chi connectivity index (χ1v) is 4.29. The third kappa shape index (κ3) is 1.17. The molecule has 2 heterocycles. The van der Waals surface area contributed by atoms with Crippen LogP contribution in [0.4, 0.5) is 5.82 Å². The third-order valence-electron chi connectivity index (χ3n) is 1.67. The van der Waals surface area contributed by atoms with E-state index in [4.69, 9.17) is 23.4 Å². The van der Waals surface area contributed by atoms with Crippen LogP contribution >= 0.6 is 23.4 Å². The van der Waals surface area contributed by atoms with Crippen LogP contribution in [0.3, 0.4) is 0 Å². The first kappa shape index (κ1) is 7.90. The molecule has 0 aromatic carbocycles. The molecule has 0 bridgehead atoms. The molecule has 1 atom stereocenters. The fourth-order valence-corrected chi connectivity index (χ4v) is 1.46. The second-order valence-electron chi connectivity index (χ2n) is 2.46. The number of aromatic nitrogens is 1. The van der Waals surface area contributed by atoms with E-state index in [1.165, 1.54) is 4.42 Å². The number of alkyl halides is 1. The average molecular weight is 201 g/mol. The van der Waals surface area contributed by atoms with Crippen LogP contribution in [-0.4, -0.2) is 10.5 Å². The largest absolute Gasteiger partial charge is 0.246 e. The first-order chi connectivity index (χ1) is 5.79. The molecule has 4 heteroatoms. The minimum atomic E-state index is -0.311. The maximum absolute atomic E-state index is 5.89. The van der Waals surface area contributed by atoms with Crippen molar-refractivity contribution in [2.45, 2.75) is 5.50 Å². The Balaban J connectivity index is 2.52. The van der Waals surface area contributed by atoms with Crippen LogP contribution in [0.25, 0.3) is 6.08 Å². The van der Waals surface area contributed by atoms with Crippen LogP contribution in [0, 0.1) is 0 Å². The van der Waals surface area contributed by atoms with Gasteiger partial charge in [-0.05, 0) is 18.2 Å². The van der Waals surface area contributed by atoms with E-state index in [2.05, 4.69) is 4.98 Å². The second kappa shape index (κ2) is 2.96. The lowest BCUT2D eigenvalue weighted by Gasteiger charge is -2.23. The van der Waals surface area contributed by atoms with Gasteiger partial charge in [0.2, 0.25) is 0 Å². The summed E-state index contributed by atoms with van der Waals surface area (Å²) >= 11 is 11.7. The lowest BCUT2D eigenvalue weighted by molar-refractivity contribution is 1.05. The van der Waals surface area contributed by atoms with Gasteiger partial charge >= 0.3 is 0 Å². The molecule has 0 spiro atoms. The van der Waals surface area contributed by atoms with Crippen molar-refractivity contribution in [2.24, 2.45) is 0 Å². The zero-order valence-electron chi connectivity index (χ0n) is 6.11. The molecule has 0 fully saturated rings. The zero-order valence-corrected chi connectivity index (χ0v) is 7.63. The highest BCUT2D eigenvalue weighted by Crippen LogP contribution is 2.29. The van der Waals surface area contributed by atoms with E-state index in [0.717, 1.165) is 5.56 Å². The summed E-state index contributed by atoms with van der Waals surface area (Å²) in [4.78, 5) is 4.11. The smallest absolute Gasteiger partial charge is 0.151 e. The van der Waals surface area contributed by atoms with Crippen molar-refractivity contribution in [3.05, 3.63) is 30.0 Å². The van der Waals surface area contributed by atoms with Gasteiger partial charge < -0.3 is 0 Å². The van der Waals surface area contributed by atoms with Gasteiger partial charge in [0.15, 0.2) is 5.82 Å². The van der Waals surface area contributed by atoms with Crippen LogP contribution < -0.4 is 4.42 Å². The average Bonchev–Trinajstić information content (AvgIpc) is 2.12. The van der Waals surface area contributed by atoms with Crippen LogP contribution in [0.15, 0.2) is 24.4 Å². The topological polar surface area (TPSA) is 16.1 Å². The van der Waals surface area contributed by atoms with Crippen molar-refractivity contribution in [3.63, 3.8) is 0 Å². The van der Waals surface area contributed by atoms with E-state index in [1.807, 2.05) is 24.3 Å². The van der Waals surface area contributed by atoms with Crippen LogP contribution in [0.2, 0.25) is 0 Å². The van der Waals surface area contributed by atoms with Gasteiger partial charge in [-0.2, -0.15) is 0 Å². The molecular formula is C8H6Cl2N2. The molecule has 0 amide bonds. The number of hydrogen-bond donors (Lipinski definition) is 0. The molecule has 0 saturated heterocycles. The molecule has 0 N–H and O–H groups in total. The Morgan fingerprint density at radius 1 is 1.50 bits per heavy atom. The number of halogens is 2. The number of nitrogens with zero attached hydrogens (tertiary/aromatic N) is 2. The van der Waals surface area contributed by atoms with Crippen molar-refractivity contribution in [3.8, 4) is 0 Å². The SMILES string of the molecule is ClC1C=Cc2cccnc2N1Cl. The quantitative estimate of drug-likeness (QED) is 0.364. The van der Waals surface area contributed by atoms with E-state index in [1.54, 1.807) is 6.20 Å². The fraction of sp³-hybridized carbons (Fsp3) is 0.125. The van der Waals surface area contributed by atoms with Gasteiger partial charge in [0.05, 0.1) is 0 Å². The van der Waals surface area contributed by atoms with E-state index >= 15 is 0 Å². The Morgan fingerprint density at radius 2 is 2.33 bits per heavy atom. The van der Waals surface area contributed by atoms with Crippen molar-refractivity contribution in [2.75, 3.05) is 4.42 Å². The van der Waals surface area contributed by atoms with Crippen molar-refractivity contribution in [1.82, 2.24) is 4.98 Å². The molecule has 1 aromatic rings. The Bertz CT molecular complexity index is 325. The molecule has 0 aliphatic carbocycles. The number of pyridine rings is 1. The maximum Gasteiger partial charge on any atom is 0.151 e. The van der Waals surface area contributed by atoms with E-state index in [0.29, 0.717) is 5.82 Å². The highest BCUT2D eigenvalue weighted by atomic mass is 35.5. The molecular weight excluding hydrogens is 195 g/mol. The third-order valence-corrected chi connectivity index (χ3v) is 2.48. The minimum Gasteiger partial charge on any atom is -0.246 e. The molecule has 1 aliphatic heterocycles. The Labute approximate surface area is 80.5 Å². The maximum atomic E-state index is 5.89. The molecule has 1 unspecified atom stereocenters. The standard InChI is InChI=1S/C8H6Cl2N2/c9-7-4-3-6-2-1-5-11-8(6)12(7)10/h1-5,7H. The van der Waals surface area contributed by atoms with Gasteiger partial charge in [-0.25, -0.2) is 9.40 Å². The summed E-state index contributed by atoms with van der Waals surface area (Å²) in [7, 11) is 0. The summed E-state index contributed by atoms with van der Waals surface area (Å²) < 4.78 is 1.41. The lowest BCUT2D eigenvalue weighted by Crippen LogP contribution is -2.23. The van der Waals surface area contributed by atoms with Gasteiger partial charge in [-0.15, -0.1) is 0 Å². The highest BCUT2D eigenvalue weighted by molar-refractivity contribution is 6.34. The van der Waals surface area contributed by atoms with Gasteiger partial charge in [0.25, 0.3) is 0 Å². The molecule has 2 rings (SSSR count). The summed E-state index contributed by atoms with van der Waals surface area (Å²) in [5, 5.41) is 0. The molecule has 12 heavy (non-hydrogen) atoms. The first-order valence-electron chi connectivity index (χ1n) is 3.51. The number of anilines is 1. The van der Waals surface area contributed by atoms with Crippen molar-refractivity contribution < 1.29 is 0 Å². The van der Waals surface area contributed by atoms with Gasteiger partial charge in [0.1, 0.15) is 5.50 Å². The summed E-state index contributed by atoms with van der Waals surface area (Å²) in [6.45, 7) is 0. The second-order valence-corrected chi connectivity index (χ2v) is 3.27. The van der Waals surface area contributed by atoms with Crippen molar-refractivity contribution in [1.29, 1.82) is 0 Å². The van der Waals surface area contributed by atoms with Crippen LogP contribution in [0.5, 0.6) is 0 Å². The van der Waals surface area contributed by atoms with E-state index in [-0.39, 0.29) is 5.50 Å². The molecule has 0 saturated carbocycles. The Morgan fingerprint density at radius 3 is 3.17 bits per heavy atom.